The number of nitrogens with one attached hydrogen (secondary N) is 2. The number of carbonyl (C=O) groups is 1. The monoisotopic (exact) mass is 408 g/mol. The molecule has 0 aliphatic heterocycles. The third-order valence-electron chi connectivity index (χ3n) is 4.47. The lowest BCUT2D eigenvalue weighted by molar-refractivity contribution is 0.102. The van der Waals surface area contributed by atoms with Crippen LogP contribution < -0.4 is 5.32 Å². The maximum atomic E-state index is 12.1. The van der Waals surface area contributed by atoms with Crippen LogP contribution in [0.5, 0.6) is 0 Å². The normalized spacial score (nSPS) is 11.9. The van der Waals surface area contributed by atoms with Crippen LogP contribution in [-0.4, -0.2) is 20.9 Å². The molecule has 0 spiro atoms. The van der Waals surface area contributed by atoms with Crippen molar-refractivity contribution in [2.45, 2.75) is 12.8 Å². The molecule has 0 bridgehead atoms. The van der Waals surface area contributed by atoms with Gasteiger partial charge in [0.25, 0.3) is 5.91 Å². The summed E-state index contributed by atoms with van der Waals surface area (Å²) in [6, 6.07) is 15.4. The number of H-pyrrole nitrogens is 1. The average Bonchev–Trinajstić information content (AvgIpc) is 3.40. The number of halogens is 1. The molecule has 0 fully saturated rings. The van der Waals surface area contributed by atoms with Crippen LogP contribution in [0.4, 0.5) is 5.69 Å². The first-order chi connectivity index (χ1) is 13.6. The zero-order valence-electron chi connectivity index (χ0n) is 15.0. The van der Waals surface area contributed by atoms with Crippen LogP contribution in [0, 0.1) is 0 Å². The molecule has 0 aliphatic carbocycles. The molecule has 1 unspecified atom stereocenters. The van der Waals surface area contributed by atoms with Gasteiger partial charge in [-0.1, -0.05) is 42.8 Å². The van der Waals surface area contributed by atoms with E-state index in [2.05, 4.69) is 27.2 Å². The van der Waals surface area contributed by atoms with Crippen molar-refractivity contribution in [2.75, 3.05) is 5.32 Å². The van der Waals surface area contributed by atoms with E-state index < -0.39 is 0 Å². The molecule has 0 saturated carbocycles. The molecule has 7 heteroatoms. The molecule has 5 nitrogen and oxygen atoms in total. The van der Waals surface area contributed by atoms with Crippen LogP contribution in [-0.2, 0) is 0 Å². The lowest BCUT2D eigenvalue weighted by Gasteiger charge is -2.09. The van der Waals surface area contributed by atoms with Crippen molar-refractivity contribution in [1.82, 2.24) is 15.0 Å². The second-order valence-electron chi connectivity index (χ2n) is 6.36. The molecule has 1 atom stereocenters. The molecule has 0 radical (unpaired) electrons. The van der Waals surface area contributed by atoms with E-state index in [9.17, 15) is 4.79 Å². The van der Waals surface area contributed by atoms with Crippen LogP contribution in [0.2, 0.25) is 5.02 Å². The van der Waals surface area contributed by atoms with E-state index in [0.29, 0.717) is 16.4 Å². The Morgan fingerprint density at radius 2 is 2.00 bits per heavy atom. The molecule has 4 aromatic rings. The van der Waals surface area contributed by atoms with Gasteiger partial charge in [0.2, 0.25) is 0 Å². The van der Waals surface area contributed by atoms with Gasteiger partial charge >= 0.3 is 0 Å². The molecule has 1 amide bonds. The predicted molar refractivity (Wildman–Crippen MR) is 113 cm³/mol. The smallest absolute Gasteiger partial charge is 0.275 e. The van der Waals surface area contributed by atoms with Crippen molar-refractivity contribution in [3.8, 4) is 11.3 Å². The first-order valence-corrected chi connectivity index (χ1v) is 10.0. The van der Waals surface area contributed by atoms with Gasteiger partial charge in [-0.3, -0.25) is 4.79 Å². The minimum Gasteiger partial charge on any atom is -0.342 e. The number of hydrogen-bond acceptors (Lipinski definition) is 4. The first-order valence-electron chi connectivity index (χ1n) is 8.70. The summed E-state index contributed by atoms with van der Waals surface area (Å²) in [5, 5.41) is 5.27. The van der Waals surface area contributed by atoms with E-state index in [-0.39, 0.29) is 11.8 Å². The van der Waals surface area contributed by atoms with E-state index in [1.54, 1.807) is 10.9 Å². The topological polar surface area (TPSA) is 70.7 Å². The van der Waals surface area contributed by atoms with Crippen molar-refractivity contribution in [1.29, 1.82) is 0 Å². The predicted octanol–water partition coefficient (Wildman–Crippen LogP) is 5.59. The Morgan fingerprint density at radius 3 is 2.71 bits per heavy atom. The Kier molecular flexibility index (Phi) is 5.23. The van der Waals surface area contributed by atoms with Gasteiger partial charge in [0.1, 0.15) is 11.5 Å². The summed E-state index contributed by atoms with van der Waals surface area (Å²) in [7, 11) is 0. The Balaban J connectivity index is 1.48. The molecule has 0 saturated heterocycles. The van der Waals surface area contributed by atoms with E-state index in [0.717, 1.165) is 22.6 Å². The summed E-state index contributed by atoms with van der Waals surface area (Å²) >= 11 is 7.49. The van der Waals surface area contributed by atoms with Gasteiger partial charge in [-0.2, -0.15) is 0 Å². The standard InChI is InChI=1S/C21H17ClN4OS/c1-13(15-3-2-4-16(22)9-15)20-23-10-18(26-20)14-5-7-17(8-6-14)25-21(27)19-11-28-12-24-19/h2-13H,1H3,(H,23,26)(H,25,27). The maximum Gasteiger partial charge on any atom is 0.275 e. The summed E-state index contributed by atoms with van der Waals surface area (Å²) in [6.07, 6.45) is 1.82. The summed E-state index contributed by atoms with van der Waals surface area (Å²) in [6.45, 7) is 2.09. The highest BCUT2D eigenvalue weighted by Crippen LogP contribution is 2.27. The summed E-state index contributed by atoms with van der Waals surface area (Å²) in [5.41, 5.74) is 5.78. The zero-order valence-corrected chi connectivity index (χ0v) is 16.6. The minimum absolute atomic E-state index is 0.101. The number of hydrogen-bond donors (Lipinski definition) is 2. The number of imidazole rings is 1. The SMILES string of the molecule is CC(c1cccc(Cl)c1)c1ncc(-c2ccc(NC(=O)c3cscn3)cc2)[nH]1. The van der Waals surface area contributed by atoms with Crippen LogP contribution in [0.15, 0.2) is 65.6 Å². The number of thiazole rings is 1. The molecule has 2 N–H and O–H groups in total. The summed E-state index contributed by atoms with van der Waals surface area (Å²) in [4.78, 5) is 24.0. The molecule has 0 aliphatic rings. The van der Waals surface area contributed by atoms with E-state index in [1.165, 1.54) is 11.3 Å². The number of aromatic amines is 1. The number of nitrogens with zero attached hydrogens (tertiary/aromatic N) is 2. The fraction of sp³-hybridized carbons (Fsp3) is 0.0952. The zero-order chi connectivity index (χ0) is 19.5. The second kappa shape index (κ2) is 7.96. The van der Waals surface area contributed by atoms with Gasteiger partial charge in [-0.15, -0.1) is 11.3 Å². The largest absolute Gasteiger partial charge is 0.342 e. The number of carbonyl (C=O) groups excluding carboxylic acids is 1. The minimum atomic E-state index is -0.215. The molecule has 2 aromatic carbocycles. The van der Waals surface area contributed by atoms with Gasteiger partial charge in [0, 0.05) is 22.0 Å². The average molecular weight is 409 g/mol. The Morgan fingerprint density at radius 1 is 1.18 bits per heavy atom. The van der Waals surface area contributed by atoms with Crippen molar-refractivity contribution in [3.05, 3.63) is 87.7 Å². The number of rotatable bonds is 5. The molecule has 28 heavy (non-hydrogen) atoms. The summed E-state index contributed by atoms with van der Waals surface area (Å²) < 4.78 is 0. The van der Waals surface area contributed by atoms with Crippen molar-refractivity contribution in [2.24, 2.45) is 0 Å². The second-order valence-corrected chi connectivity index (χ2v) is 7.52. The third kappa shape index (κ3) is 3.98. The van der Waals surface area contributed by atoms with Crippen LogP contribution >= 0.6 is 22.9 Å². The van der Waals surface area contributed by atoms with E-state index >= 15 is 0 Å². The fourth-order valence-electron chi connectivity index (χ4n) is 2.89. The molecule has 4 rings (SSSR count). The van der Waals surface area contributed by atoms with Gasteiger partial charge in [0.15, 0.2) is 0 Å². The van der Waals surface area contributed by atoms with Crippen molar-refractivity contribution in [3.63, 3.8) is 0 Å². The fourth-order valence-corrected chi connectivity index (χ4v) is 3.62. The third-order valence-corrected chi connectivity index (χ3v) is 5.29. The lowest BCUT2D eigenvalue weighted by Crippen LogP contribution is -2.11. The summed E-state index contributed by atoms with van der Waals surface area (Å²) in [5.74, 6) is 0.760. The van der Waals surface area contributed by atoms with Crippen molar-refractivity contribution < 1.29 is 4.79 Å². The Labute approximate surface area is 171 Å². The Bertz CT molecular complexity index is 1090. The van der Waals surface area contributed by atoms with Gasteiger partial charge in [0.05, 0.1) is 17.4 Å². The molecular formula is C21H17ClN4OS. The van der Waals surface area contributed by atoms with E-state index in [4.69, 9.17) is 11.6 Å². The number of anilines is 1. The highest BCUT2D eigenvalue weighted by Gasteiger charge is 2.14. The van der Waals surface area contributed by atoms with Crippen molar-refractivity contribution >= 4 is 34.5 Å². The quantitative estimate of drug-likeness (QED) is 0.452. The first kappa shape index (κ1) is 18.4. The molecule has 140 valence electrons. The number of aromatic nitrogens is 3. The maximum absolute atomic E-state index is 12.1. The highest BCUT2D eigenvalue weighted by atomic mass is 35.5. The van der Waals surface area contributed by atoms with Gasteiger partial charge in [-0.05, 0) is 35.4 Å². The molecule has 2 aromatic heterocycles. The molecular weight excluding hydrogens is 392 g/mol. The highest BCUT2D eigenvalue weighted by molar-refractivity contribution is 7.07. The van der Waals surface area contributed by atoms with Gasteiger partial charge in [-0.25, -0.2) is 9.97 Å². The van der Waals surface area contributed by atoms with Crippen LogP contribution in [0.3, 0.4) is 0 Å². The van der Waals surface area contributed by atoms with Gasteiger partial charge < -0.3 is 10.3 Å². The van der Waals surface area contributed by atoms with E-state index in [1.807, 2.05) is 54.7 Å². The van der Waals surface area contributed by atoms with Crippen LogP contribution in [0.1, 0.15) is 34.7 Å². The lowest BCUT2D eigenvalue weighted by atomic mass is 10.0. The van der Waals surface area contributed by atoms with Crippen LogP contribution in [0.25, 0.3) is 11.3 Å². The number of benzene rings is 2. The number of amides is 1. The molecule has 2 heterocycles. The Hall–Kier alpha value is -2.96.